The summed E-state index contributed by atoms with van der Waals surface area (Å²) in [6.45, 7) is 0. The van der Waals surface area contributed by atoms with Gasteiger partial charge in [-0.1, -0.05) is 0 Å². The van der Waals surface area contributed by atoms with Gasteiger partial charge in [0.25, 0.3) is 5.69 Å². The molecule has 1 rings (SSSR count). The van der Waals surface area contributed by atoms with E-state index in [9.17, 15) is 26.9 Å². The van der Waals surface area contributed by atoms with Crippen molar-refractivity contribution in [2.75, 3.05) is 12.5 Å². The molecule has 0 saturated carbocycles. The molecule has 0 N–H and O–H groups in total. The molecule has 0 spiro atoms. The maximum absolute atomic E-state index is 11.3. The van der Waals surface area contributed by atoms with Crippen LogP contribution in [0.15, 0.2) is 28.0 Å². The van der Waals surface area contributed by atoms with Gasteiger partial charge in [-0.3, -0.25) is 10.1 Å². The Morgan fingerprint density at radius 2 is 1.29 bits per heavy atom. The molecule has 0 fully saturated rings. The van der Waals surface area contributed by atoms with E-state index in [2.05, 4.69) is 0 Å². The van der Waals surface area contributed by atoms with Crippen LogP contribution in [0, 0.1) is 10.1 Å². The van der Waals surface area contributed by atoms with E-state index in [1.165, 1.54) is 0 Å². The summed E-state index contributed by atoms with van der Waals surface area (Å²) in [5.41, 5.74) is -0.576. The number of non-ortho nitro benzene ring substituents is 1. The van der Waals surface area contributed by atoms with E-state index in [0.717, 1.165) is 30.7 Å². The minimum Gasteiger partial charge on any atom is -0.258 e. The fourth-order valence-corrected chi connectivity index (χ4v) is 2.52. The highest BCUT2D eigenvalue weighted by atomic mass is 32.2. The van der Waals surface area contributed by atoms with Gasteiger partial charge in [0.15, 0.2) is 19.7 Å². The van der Waals surface area contributed by atoms with Gasteiger partial charge in [-0.2, -0.15) is 0 Å². The highest BCUT2D eigenvalue weighted by Gasteiger charge is 2.19. The largest absolute Gasteiger partial charge is 0.272 e. The fraction of sp³-hybridized carbons (Fsp3) is 0.250. The molecule has 0 aromatic heterocycles. The van der Waals surface area contributed by atoms with Crippen LogP contribution >= 0.6 is 0 Å². The number of benzene rings is 1. The topological polar surface area (TPSA) is 111 Å². The molecule has 0 bridgehead atoms. The highest BCUT2D eigenvalue weighted by molar-refractivity contribution is 7.91. The Hall–Kier alpha value is -1.48. The quantitative estimate of drug-likeness (QED) is 0.585. The minimum absolute atomic E-state index is 0.396. The van der Waals surface area contributed by atoms with Gasteiger partial charge >= 0.3 is 0 Å². The summed E-state index contributed by atoms with van der Waals surface area (Å²) in [5, 5.41) is 10.6. The minimum atomic E-state index is -3.71. The fourth-order valence-electron chi connectivity index (χ4n) is 1.09. The molecule has 0 aliphatic heterocycles. The van der Waals surface area contributed by atoms with Crippen LogP contribution in [0.5, 0.6) is 0 Å². The third kappa shape index (κ3) is 3.24. The van der Waals surface area contributed by atoms with Crippen LogP contribution in [0.3, 0.4) is 0 Å². The van der Waals surface area contributed by atoms with Crippen LogP contribution < -0.4 is 0 Å². The smallest absolute Gasteiger partial charge is 0.258 e. The first-order valence-electron chi connectivity index (χ1n) is 4.21. The third-order valence-electron chi connectivity index (χ3n) is 1.93. The molecule has 94 valence electrons. The van der Waals surface area contributed by atoms with Crippen LogP contribution in [0.25, 0.3) is 0 Å². The zero-order valence-corrected chi connectivity index (χ0v) is 10.6. The summed E-state index contributed by atoms with van der Waals surface area (Å²) in [5.74, 6) is 0. The lowest BCUT2D eigenvalue weighted by atomic mass is 10.3. The van der Waals surface area contributed by atoms with E-state index < -0.39 is 40.1 Å². The lowest BCUT2D eigenvalue weighted by Gasteiger charge is -2.02. The molecule has 0 saturated heterocycles. The lowest BCUT2D eigenvalue weighted by molar-refractivity contribution is -0.385. The number of nitrogens with zero attached hydrogens (tertiary/aromatic N) is 1. The van der Waals surface area contributed by atoms with Crippen LogP contribution in [-0.4, -0.2) is 34.3 Å². The van der Waals surface area contributed by atoms with Crippen molar-refractivity contribution in [3.8, 4) is 0 Å². The molecule has 0 aliphatic rings. The van der Waals surface area contributed by atoms with Crippen molar-refractivity contribution < 1.29 is 21.8 Å². The summed E-state index contributed by atoms with van der Waals surface area (Å²) in [4.78, 5) is 8.94. The maximum atomic E-state index is 11.3. The van der Waals surface area contributed by atoms with Crippen molar-refractivity contribution >= 4 is 25.4 Å². The average Bonchev–Trinajstić information content (AvgIpc) is 2.14. The lowest BCUT2D eigenvalue weighted by Crippen LogP contribution is -2.04. The van der Waals surface area contributed by atoms with Crippen molar-refractivity contribution in [1.29, 1.82) is 0 Å². The second-order valence-corrected chi connectivity index (χ2v) is 7.50. The van der Waals surface area contributed by atoms with E-state index in [1.54, 1.807) is 0 Å². The predicted octanol–water partition coefficient (Wildman–Crippen LogP) is 0.402. The molecule has 9 heteroatoms. The summed E-state index contributed by atoms with van der Waals surface area (Å²) in [6.07, 6.45) is 1.69. The van der Waals surface area contributed by atoms with Crippen LogP contribution in [0.1, 0.15) is 0 Å². The molecule has 1 aromatic carbocycles. The van der Waals surface area contributed by atoms with E-state index in [1.807, 2.05) is 0 Å². The summed E-state index contributed by atoms with van der Waals surface area (Å²) >= 11 is 0. The van der Waals surface area contributed by atoms with Crippen LogP contribution in [0.2, 0.25) is 0 Å². The molecule has 0 aliphatic carbocycles. The second kappa shape index (κ2) is 4.08. The summed E-state index contributed by atoms with van der Waals surface area (Å²) in [7, 11) is -7.42. The summed E-state index contributed by atoms with van der Waals surface area (Å²) < 4.78 is 45.1. The molecule has 17 heavy (non-hydrogen) atoms. The van der Waals surface area contributed by atoms with Gasteiger partial charge in [-0.05, 0) is 6.07 Å². The Balaban J connectivity index is 3.68. The van der Waals surface area contributed by atoms with Gasteiger partial charge in [-0.15, -0.1) is 0 Å². The van der Waals surface area contributed by atoms with Crippen LogP contribution in [0.4, 0.5) is 5.69 Å². The van der Waals surface area contributed by atoms with Gasteiger partial charge in [0, 0.05) is 24.6 Å². The van der Waals surface area contributed by atoms with Crippen molar-refractivity contribution in [1.82, 2.24) is 0 Å². The van der Waals surface area contributed by atoms with Gasteiger partial charge < -0.3 is 0 Å². The molecule has 0 atom stereocenters. The van der Waals surface area contributed by atoms with Crippen molar-refractivity contribution in [3.63, 3.8) is 0 Å². The Morgan fingerprint density at radius 1 is 0.941 bits per heavy atom. The van der Waals surface area contributed by atoms with Crippen molar-refractivity contribution in [2.24, 2.45) is 0 Å². The number of nitro groups is 1. The number of nitro benzene ring substituents is 1. The number of sulfone groups is 2. The van der Waals surface area contributed by atoms with E-state index in [0.29, 0.717) is 0 Å². The third-order valence-corrected chi connectivity index (χ3v) is 4.12. The predicted molar refractivity (Wildman–Crippen MR) is 59.3 cm³/mol. The molecular weight excluding hydrogens is 270 g/mol. The first kappa shape index (κ1) is 13.6. The zero-order chi connectivity index (χ0) is 13.4. The maximum Gasteiger partial charge on any atom is 0.272 e. The normalized spacial score (nSPS) is 12.4. The molecule has 7 nitrogen and oxygen atoms in total. The second-order valence-electron chi connectivity index (χ2n) is 3.46. The molecular formula is C8H9NO6S2. The molecule has 1 aromatic rings. The highest BCUT2D eigenvalue weighted by Crippen LogP contribution is 2.23. The first-order chi connectivity index (χ1) is 7.51. The van der Waals surface area contributed by atoms with E-state index in [4.69, 9.17) is 0 Å². The van der Waals surface area contributed by atoms with Crippen LogP contribution in [-0.2, 0) is 19.7 Å². The molecule has 0 radical (unpaired) electrons. The standard InChI is InChI=1S/C8H9NO6S2/c1-16(12,13)7-3-6(9(10)11)4-8(5-7)17(2,14)15/h3-5H,1-2H3. The monoisotopic (exact) mass is 279 g/mol. The van der Waals surface area contributed by atoms with E-state index >= 15 is 0 Å². The SMILES string of the molecule is CS(=O)(=O)c1cc([N+](=O)[O-])cc(S(C)(=O)=O)c1. The van der Waals surface area contributed by atoms with E-state index in [-0.39, 0.29) is 0 Å². The van der Waals surface area contributed by atoms with Gasteiger partial charge in [-0.25, -0.2) is 16.8 Å². The van der Waals surface area contributed by atoms with Gasteiger partial charge in [0.1, 0.15) is 0 Å². The Morgan fingerprint density at radius 3 is 1.53 bits per heavy atom. The van der Waals surface area contributed by atoms with Gasteiger partial charge in [0.05, 0.1) is 14.7 Å². The average molecular weight is 279 g/mol. The van der Waals surface area contributed by atoms with Gasteiger partial charge in [0.2, 0.25) is 0 Å². The first-order valence-corrected chi connectivity index (χ1v) is 8.00. The number of rotatable bonds is 3. The van der Waals surface area contributed by atoms with Crippen molar-refractivity contribution in [2.45, 2.75) is 9.79 Å². The Labute approximate surface area is 98.1 Å². The Bertz CT molecular complexity index is 624. The number of hydrogen-bond acceptors (Lipinski definition) is 6. The molecule has 0 amide bonds. The molecule has 0 heterocycles. The number of hydrogen-bond donors (Lipinski definition) is 0. The summed E-state index contributed by atoms with van der Waals surface area (Å²) in [6, 6.07) is 2.55. The molecule has 0 unspecified atom stereocenters. The Kier molecular flexibility index (Phi) is 3.26. The zero-order valence-electron chi connectivity index (χ0n) is 8.95. The van der Waals surface area contributed by atoms with Crippen molar-refractivity contribution in [3.05, 3.63) is 28.3 Å².